The van der Waals surface area contributed by atoms with E-state index < -0.39 is 0 Å². The maximum Gasteiger partial charge on any atom is 0.153 e. The summed E-state index contributed by atoms with van der Waals surface area (Å²) < 4.78 is 11.1. The van der Waals surface area contributed by atoms with Crippen LogP contribution in [0, 0.1) is 0 Å². The minimum atomic E-state index is 0. The van der Waals surface area contributed by atoms with Crippen molar-refractivity contribution in [1.82, 2.24) is 0 Å². The zero-order chi connectivity index (χ0) is 26.8. The molecule has 0 atom stereocenters. The van der Waals surface area contributed by atoms with Gasteiger partial charge < -0.3 is 9.47 Å². The van der Waals surface area contributed by atoms with Crippen molar-refractivity contribution >= 4 is 93.3 Å². The lowest BCUT2D eigenvalue weighted by Crippen LogP contribution is -2.02. The second-order valence-electron chi connectivity index (χ2n) is 6.51. The van der Waals surface area contributed by atoms with Gasteiger partial charge in [-0.25, -0.2) is 0 Å². The van der Waals surface area contributed by atoms with Crippen molar-refractivity contribution in [2.24, 2.45) is 9.98 Å². The van der Waals surface area contributed by atoms with E-state index in [1.54, 1.807) is 12.4 Å². The number of aliphatic imine (C=N–C) groups is 2. The van der Waals surface area contributed by atoms with Crippen molar-refractivity contribution in [2.75, 3.05) is 13.2 Å². The first-order chi connectivity index (χ1) is 17.9. The molecule has 38 heavy (non-hydrogen) atoms. The van der Waals surface area contributed by atoms with Gasteiger partial charge in [0, 0.05) is 23.2 Å². The highest BCUT2D eigenvalue weighted by molar-refractivity contribution is 14.0. The van der Waals surface area contributed by atoms with Crippen molar-refractivity contribution in [2.45, 2.75) is 55.4 Å². The van der Waals surface area contributed by atoms with Gasteiger partial charge in [0.25, 0.3) is 0 Å². The van der Waals surface area contributed by atoms with E-state index in [1.165, 1.54) is 10.8 Å². The standard InChI is InChI=1S/2C12H9NO.4C2H6.2HI/c1-2-4-10-9(3-1)5-6-11-12(10)13-7-8-14-11;1-2-4-10-9(3-1)5-6-11-12(10)14-8-7-13-11;4*1-2;;/h2*1-7H,8H2;4*1-2H3;2*1H. The normalized spacial score (nSPS) is 10.7. The van der Waals surface area contributed by atoms with Gasteiger partial charge >= 0.3 is 0 Å². The SMILES string of the molecule is C1=Nc2c(ccc3ccccc23)OC1.C1=Nc2ccc3ccccc3c2OC1.CC.CC.CC.CC.I.I. The Balaban J connectivity index is 0. The molecule has 0 radical (unpaired) electrons. The molecule has 0 N–H and O–H groups in total. The van der Waals surface area contributed by atoms with Crippen LogP contribution in [0.25, 0.3) is 21.5 Å². The number of rotatable bonds is 0. The van der Waals surface area contributed by atoms with E-state index in [-0.39, 0.29) is 48.0 Å². The average molecular weight is 743 g/mol. The molecule has 6 heteroatoms. The summed E-state index contributed by atoms with van der Waals surface area (Å²) in [7, 11) is 0. The van der Waals surface area contributed by atoms with Crippen LogP contribution in [0.2, 0.25) is 0 Å². The first kappa shape index (κ1) is 37.9. The van der Waals surface area contributed by atoms with Crippen molar-refractivity contribution in [1.29, 1.82) is 0 Å². The molecule has 0 unspecified atom stereocenters. The molecule has 2 aliphatic heterocycles. The summed E-state index contributed by atoms with van der Waals surface area (Å²) in [6.45, 7) is 17.1. The molecule has 0 saturated heterocycles. The van der Waals surface area contributed by atoms with Crippen LogP contribution >= 0.6 is 48.0 Å². The van der Waals surface area contributed by atoms with Gasteiger partial charge in [-0.05, 0) is 22.9 Å². The Morgan fingerprint density at radius 2 is 1.03 bits per heavy atom. The molecule has 0 aromatic heterocycles. The third-order valence-electron chi connectivity index (χ3n) is 4.79. The predicted molar refractivity (Wildman–Crippen MR) is 191 cm³/mol. The highest BCUT2D eigenvalue weighted by Crippen LogP contribution is 2.37. The maximum absolute atomic E-state index is 5.59. The van der Waals surface area contributed by atoms with E-state index in [4.69, 9.17) is 9.47 Å². The molecule has 0 fully saturated rings. The number of fused-ring (bicyclic) bond motifs is 6. The Labute approximate surface area is 264 Å². The summed E-state index contributed by atoms with van der Waals surface area (Å²) in [5, 5.41) is 4.69. The molecule has 4 aromatic carbocycles. The summed E-state index contributed by atoms with van der Waals surface area (Å²) in [6, 6.07) is 24.5. The van der Waals surface area contributed by atoms with Crippen LogP contribution in [0.5, 0.6) is 11.5 Å². The third-order valence-corrected chi connectivity index (χ3v) is 4.79. The summed E-state index contributed by atoms with van der Waals surface area (Å²) in [4.78, 5) is 8.66. The Morgan fingerprint density at radius 3 is 1.68 bits per heavy atom. The van der Waals surface area contributed by atoms with E-state index in [0.717, 1.165) is 33.6 Å². The van der Waals surface area contributed by atoms with E-state index in [1.807, 2.05) is 91.8 Å². The summed E-state index contributed by atoms with van der Waals surface area (Å²) in [5.74, 6) is 1.79. The van der Waals surface area contributed by atoms with Gasteiger partial charge in [-0.15, -0.1) is 48.0 Å². The predicted octanol–water partition coefficient (Wildman–Crippen LogP) is 11.2. The number of halogens is 2. The van der Waals surface area contributed by atoms with E-state index >= 15 is 0 Å². The monoisotopic (exact) mass is 742 g/mol. The molecule has 0 amide bonds. The summed E-state index contributed by atoms with van der Waals surface area (Å²) >= 11 is 0. The van der Waals surface area contributed by atoms with Crippen molar-refractivity contribution in [3.8, 4) is 11.5 Å². The minimum Gasteiger partial charge on any atom is -0.486 e. The fraction of sp³-hybridized carbons (Fsp3) is 0.312. The Bertz CT molecular complexity index is 1240. The van der Waals surface area contributed by atoms with Gasteiger partial charge in [0.1, 0.15) is 30.3 Å². The van der Waals surface area contributed by atoms with Crippen LogP contribution in [0.15, 0.2) is 82.8 Å². The Morgan fingerprint density at radius 1 is 0.526 bits per heavy atom. The number of hydrogen-bond acceptors (Lipinski definition) is 4. The molecule has 4 nitrogen and oxygen atoms in total. The number of ether oxygens (including phenoxy) is 2. The third kappa shape index (κ3) is 10.2. The second kappa shape index (κ2) is 22.8. The minimum absolute atomic E-state index is 0. The van der Waals surface area contributed by atoms with Crippen LogP contribution in [-0.4, -0.2) is 25.6 Å². The quantitative estimate of drug-likeness (QED) is 0.168. The maximum atomic E-state index is 5.59. The lowest BCUT2D eigenvalue weighted by Gasteiger charge is -2.13. The van der Waals surface area contributed by atoms with Crippen LogP contribution < -0.4 is 9.47 Å². The first-order valence-electron chi connectivity index (χ1n) is 13.2. The molecule has 4 aromatic rings. The highest BCUT2D eigenvalue weighted by atomic mass is 127. The number of nitrogens with zero attached hydrogens (tertiary/aromatic N) is 2. The van der Waals surface area contributed by atoms with Crippen LogP contribution in [-0.2, 0) is 0 Å². The van der Waals surface area contributed by atoms with Crippen molar-refractivity contribution in [3.05, 3.63) is 72.8 Å². The fourth-order valence-electron chi connectivity index (χ4n) is 3.48. The van der Waals surface area contributed by atoms with Crippen molar-refractivity contribution in [3.63, 3.8) is 0 Å². The van der Waals surface area contributed by atoms with Gasteiger partial charge in [0.2, 0.25) is 0 Å². The number of hydrogen-bond donors (Lipinski definition) is 0. The van der Waals surface area contributed by atoms with E-state index in [2.05, 4.69) is 46.4 Å². The second-order valence-corrected chi connectivity index (χ2v) is 6.51. The average Bonchev–Trinajstić information content (AvgIpc) is 3.01. The van der Waals surface area contributed by atoms with Crippen LogP contribution in [0.3, 0.4) is 0 Å². The van der Waals surface area contributed by atoms with Gasteiger partial charge in [0.15, 0.2) is 5.75 Å². The summed E-state index contributed by atoms with van der Waals surface area (Å²) in [5.41, 5.74) is 1.88. The van der Waals surface area contributed by atoms with Gasteiger partial charge in [0.05, 0.1) is 0 Å². The van der Waals surface area contributed by atoms with E-state index in [0.29, 0.717) is 13.2 Å². The number of benzene rings is 4. The van der Waals surface area contributed by atoms with Crippen molar-refractivity contribution < 1.29 is 9.47 Å². The molecule has 6 rings (SSSR count). The molecule has 0 aliphatic carbocycles. The first-order valence-corrected chi connectivity index (χ1v) is 13.2. The smallest absolute Gasteiger partial charge is 0.153 e. The van der Waals surface area contributed by atoms with Crippen LogP contribution in [0.4, 0.5) is 11.4 Å². The molecular weight excluding hydrogens is 698 g/mol. The zero-order valence-electron chi connectivity index (χ0n) is 24.0. The molecule has 0 bridgehead atoms. The lowest BCUT2D eigenvalue weighted by atomic mass is 10.1. The van der Waals surface area contributed by atoms with Gasteiger partial charge in [-0.3, -0.25) is 9.98 Å². The largest absolute Gasteiger partial charge is 0.486 e. The van der Waals surface area contributed by atoms with Gasteiger partial charge in [-0.2, -0.15) is 0 Å². The zero-order valence-corrected chi connectivity index (χ0v) is 28.7. The topological polar surface area (TPSA) is 43.2 Å². The molecule has 0 spiro atoms. The molecule has 2 heterocycles. The molecule has 0 saturated carbocycles. The molecule has 208 valence electrons. The summed E-state index contributed by atoms with van der Waals surface area (Å²) in [6.07, 6.45) is 3.59. The molecular formula is C32H44I2N2O2. The Kier molecular flexibility index (Phi) is 22.7. The Hall–Kier alpha value is -2.20. The highest BCUT2D eigenvalue weighted by Gasteiger charge is 2.10. The van der Waals surface area contributed by atoms with Gasteiger partial charge in [-0.1, -0.05) is 116 Å². The lowest BCUT2D eigenvalue weighted by molar-refractivity contribution is 0.377. The van der Waals surface area contributed by atoms with E-state index in [9.17, 15) is 0 Å². The van der Waals surface area contributed by atoms with Crippen LogP contribution in [0.1, 0.15) is 55.4 Å². The molecule has 2 aliphatic rings. The fourth-order valence-corrected chi connectivity index (χ4v) is 3.48.